The number of piperidine rings is 1. The molecular formula is C29H42N2O4. The number of nitrogens with one attached hydrogen (secondary N) is 1. The molecular weight excluding hydrogens is 440 g/mol. The summed E-state index contributed by atoms with van der Waals surface area (Å²) in [4.78, 5) is 41.6. The average Bonchev–Trinajstić information content (AvgIpc) is 2.87. The molecule has 1 aliphatic carbocycles. The topological polar surface area (TPSA) is 75.7 Å². The normalized spacial score (nSPS) is 21.8. The fourth-order valence-electron chi connectivity index (χ4n) is 5.48. The third kappa shape index (κ3) is 6.96. The Hall–Kier alpha value is -2.63. The maximum absolute atomic E-state index is 13.6. The summed E-state index contributed by atoms with van der Waals surface area (Å²) in [6, 6.07) is 9.74. The SMILES string of the molecule is CCCCCCCCN1C(=O)[C@H](CC(=O)NCc2ccccc2)C[C@@]2(C(=O)OCC)CCCC=C12. The lowest BCUT2D eigenvalue weighted by atomic mass is 9.66. The van der Waals surface area contributed by atoms with Crippen LogP contribution in [0.15, 0.2) is 42.1 Å². The number of esters is 1. The fourth-order valence-corrected chi connectivity index (χ4v) is 5.48. The molecule has 0 spiro atoms. The molecule has 0 aromatic heterocycles. The molecule has 35 heavy (non-hydrogen) atoms. The van der Waals surface area contributed by atoms with Gasteiger partial charge in [-0.05, 0) is 44.6 Å². The predicted octanol–water partition coefficient (Wildman–Crippen LogP) is 5.52. The van der Waals surface area contributed by atoms with Gasteiger partial charge < -0.3 is 15.0 Å². The van der Waals surface area contributed by atoms with Crippen LogP contribution in [0, 0.1) is 11.3 Å². The third-order valence-electron chi connectivity index (χ3n) is 7.30. The van der Waals surface area contributed by atoms with Crippen molar-refractivity contribution in [2.24, 2.45) is 11.3 Å². The van der Waals surface area contributed by atoms with Crippen molar-refractivity contribution in [3.8, 4) is 0 Å². The second-order valence-corrected chi connectivity index (χ2v) is 9.91. The smallest absolute Gasteiger partial charge is 0.318 e. The maximum Gasteiger partial charge on any atom is 0.318 e. The quantitative estimate of drug-likeness (QED) is 0.297. The summed E-state index contributed by atoms with van der Waals surface area (Å²) in [7, 11) is 0. The van der Waals surface area contributed by atoms with Gasteiger partial charge in [0.25, 0.3) is 0 Å². The summed E-state index contributed by atoms with van der Waals surface area (Å²) >= 11 is 0. The van der Waals surface area contributed by atoms with E-state index in [2.05, 4.69) is 18.3 Å². The van der Waals surface area contributed by atoms with Crippen molar-refractivity contribution in [1.82, 2.24) is 10.2 Å². The first-order valence-corrected chi connectivity index (χ1v) is 13.5. The van der Waals surface area contributed by atoms with E-state index in [4.69, 9.17) is 4.74 Å². The zero-order valence-electron chi connectivity index (χ0n) is 21.5. The molecule has 0 saturated carbocycles. The number of hydrogen-bond acceptors (Lipinski definition) is 4. The summed E-state index contributed by atoms with van der Waals surface area (Å²) < 4.78 is 5.54. The van der Waals surface area contributed by atoms with Gasteiger partial charge in [-0.1, -0.05) is 75.4 Å². The molecule has 6 heteroatoms. The Bertz CT molecular complexity index is 882. The van der Waals surface area contributed by atoms with Gasteiger partial charge in [0.2, 0.25) is 11.8 Å². The number of nitrogens with zero attached hydrogens (tertiary/aromatic N) is 1. The molecule has 3 rings (SSSR count). The highest BCUT2D eigenvalue weighted by Gasteiger charge is 2.54. The number of allylic oxidation sites excluding steroid dienone is 1. The van der Waals surface area contributed by atoms with Crippen molar-refractivity contribution >= 4 is 17.8 Å². The van der Waals surface area contributed by atoms with E-state index in [0.29, 0.717) is 32.5 Å². The second kappa shape index (κ2) is 13.5. The van der Waals surface area contributed by atoms with Gasteiger partial charge in [-0.15, -0.1) is 0 Å². The molecule has 1 aliphatic heterocycles. The summed E-state index contributed by atoms with van der Waals surface area (Å²) in [6.07, 6.45) is 11.7. The molecule has 0 radical (unpaired) electrons. The standard InChI is InChI=1S/C29H42N2O4/c1-3-5-6-7-8-14-19-31-25-17-12-13-18-29(25,28(34)35-4-2)21-24(27(31)33)20-26(32)30-22-23-15-10-9-11-16-23/h9-11,15-17,24H,3-8,12-14,18-22H2,1-2H3,(H,30,32)/t24-,29+/m1/s1. The number of amides is 2. The molecule has 2 atom stereocenters. The van der Waals surface area contributed by atoms with Crippen molar-refractivity contribution in [2.75, 3.05) is 13.2 Å². The van der Waals surface area contributed by atoms with Crippen LogP contribution in [0.3, 0.4) is 0 Å². The number of hydrogen-bond donors (Lipinski definition) is 1. The first kappa shape index (κ1) is 27.0. The number of ether oxygens (including phenoxy) is 1. The molecule has 6 nitrogen and oxygen atoms in total. The van der Waals surface area contributed by atoms with E-state index in [9.17, 15) is 14.4 Å². The van der Waals surface area contributed by atoms with Gasteiger partial charge in [-0.3, -0.25) is 14.4 Å². The van der Waals surface area contributed by atoms with Crippen molar-refractivity contribution in [3.05, 3.63) is 47.7 Å². The minimum absolute atomic E-state index is 0.0264. The van der Waals surface area contributed by atoms with Gasteiger partial charge in [-0.2, -0.15) is 0 Å². The molecule has 2 aliphatic rings. The van der Waals surface area contributed by atoms with Crippen LogP contribution in [0.5, 0.6) is 0 Å². The lowest BCUT2D eigenvalue weighted by molar-refractivity contribution is -0.162. The maximum atomic E-state index is 13.6. The summed E-state index contributed by atoms with van der Waals surface area (Å²) in [5, 5.41) is 2.95. The number of fused-ring (bicyclic) bond motifs is 1. The van der Waals surface area contributed by atoms with E-state index >= 15 is 0 Å². The average molecular weight is 483 g/mol. The number of benzene rings is 1. The van der Waals surface area contributed by atoms with E-state index in [0.717, 1.165) is 43.4 Å². The molecule has 192 valence electrons. The van der Waals surface area contributed by atoms with Crippen LogP contribution in [-0.2, 0) is 25.7 Å². The zero-order chi connectivity index (χ0) is 25.1. The van der Waals surface area contributed by atoms with Crippen molar-refractivity contribution in [3.63, 3.8) is 0 Å². The molecule has 0 bridgehead atoms. The molecule has 1 aromatic rings. The zero-order valence-corrected chi connectivity index (χ0v) is 21.5. The van der Waals surface area contributed by atoms with E-state index in [1.165, 1.54) is 19.3 Å². The Kier molecular flexibility index (Phi) is 10.4. The van der Waals surface area contributed by atoms with E-state index in [1.54, 1.807) is 0 Å². The van der Waals surface area contributed by atoms with Gasteiger partial charge in [-0.25, -0.2) is 0 Å². The minimum atomic E-state index is -0.825. The fraction of sp³-hybridized carbons (Fsp3) is 0.621. The summed E-state index contributed by atoms with van der Waals surface area (Å²) in [5.41, 5.74) is 1.01. The Labute approximate surface area is 210 Å². The second-order valence-electron chi connectivity index (χ2n) is 9.91. The number of likely N-dealkylation sites (tertiary alicyclic amines) is 1. The van der Waals surface area contributed by atoms with Crippen LogP contribution < -0.4 is 5.32 Å². The van der Waals surface area contributed by atoms with Gasteiger partial charge in [0.1, 0.15) is 5.41 Å². The summed E-state index contributed by atoms with van der Waals surface area (Å²) in [5.74, 6) is -0.956. The van der Waals surface area contributed by atoms with Crippen LogP contribution in [0.25, 0.3) is 0 Å². The predicted molar refractivity (Wildman–Crippen MR) is 137 cm³/mol. The third-order valence-corrected chi connectivity index (χ3v) is 7.30. The van der Waals surface area contributed by atoms with Crippen LogP contribution in [0.1, 0.15) is 90.0 Å². The Balaban J connectivity index is 1.74. The largest absolute Gasteiger partial charge is 0.465 e. The van der Waals surface area contributed by atoms with Gasteiger partial charge in [0.15, 0.2) is 0 Å². The minimum Gasteiger partial charge on any atom is -0.465 e. The summed E-state index contributed by atoms with van der Waals surface area (Å²) in [6.45, 7) is 5.35. The van der Waals surface area contributed by atoms with E-state index in [-0.39, 0.29) is 24.2 Å². The van der Waals surface area contributed by atoms with Gasteiger partial charge in [0.05, 0.1) is 6.61 Å². The van der Waals surface area contributed by atoms with Crippen LogP contribution in [0.4, 0.5) is 0 Å². The lowest BCUT2D eigenvalue weighted by Gasteiger charge is -2.48. The van der Waals surface area contributed by atoms with E-state index < -0.39 is 11.3 Å². The monoisotopic (exact) mass is 482 g/mol. The van der Waals surface area contributed by atoms with Crippen LogP contribution >= 0.6 is 0 Å². The highest BCUT2D eigenvalue weighted by molar-refractivity contribution is 5.92. The van der Waals surface area contributed by atoms with Crippen LogP contribution in [0.2, 0.25) is 0 Å². The number of carbonyl (C=O) groups excluding carboxylic acids is 3. The highest BCUT2D eigenvalue weighted by atomic mass is 16.5. The Morgan fingerprint density at radius 1 is 1.09 bits per heavy atom. The first-order valence-electron chi connectivity index (χ1n) is 13.5. The Morgan fingerprint density at radius 2 is 1.83 bits per heavy atom. The highest BCUT2D eigenvalue weighted by Crippen LogP contribution is 2.50. The van der Waals surface area contributed by atoms with Crippen molar-refractivity contribution in [1.29, 1.82) is 0 Å². The molecule has 1 saturated heterocycles. The van der Waals surface area contributed by atoms with Crippen molar-refractivity contribution < 1.29 is 19.1 Å². The number of unbranched alkanes of at least 4 members (excludes halogenated alkanes) is 5. The number of carbonyl (C=O) groups is 3. The molecule has 1 fully saturated rings. The van der Waals surface area contributed by atoms with Gasteiger partial charge in [0, 0.05) is 31.1 Å². The molecule has 1 heterocycles. The molecule has 1 aromatic carbocycles. The van der Waals surface area contributed by atoms with E-state index in [1.807, 2.05) is 42.2 Å². The van der Waals surface area contributed by atoms with Crippen LogP contribution in [-0.4, -0.2) is 35.8 Å². The first-order chi connectivity index (χ1) is 17.0. The molecule has 1 N–H and O–H groups in total. The van der Waals surface area contributed by atoms with Gasteiger partial charge >= 0.3 is 5.97 Å². The lowest BCUT2D eigenvalue weighted by Crippen LogP contribution is -2.54. The Morgan fingerprint density at radius 3 is 2.57 bits per heavy atom. The number of rotatable bonds is 13. The molecule has 0 unspecified atom stereocenters. The van der Waals surface area contributed by atoms with Crippen molar-refractivity contribution in [2.45, 2.75) is 91.0 Å². The molecule has 2 amide bonds.